The van der Waals surface area contributed by atoms with Gasteiger partial charge in [-0.3, -0.25) is 30.6 Å². The third-order valence-corrected chi connectivity index (χ3v) is 3.06. The number of carbonyl (C=O) groups is 3. The van der Waals surface area contributed by atoms with Crippen molar-refractivity contribution in [2.24, 2.45) is 0 Å². The largest absolute Gasteiger partial charge is 0.452 e. The Hall–Kier alpha value is -3.82. The molecule has 0 heterocycles. The van der Waals surface area contributed by atoms with E-state index >= 15 is 0 Å². The number of halogens is 1. The Labute approximate surface area is 145 Å². The van der Waals surface area contributed by atoms with Crippen LogP contribution in [0.25, 0.3) is 0 Å². The second kappa shape index (κ2) is 8.33. The van der Waals surface area contributed by atoms with Gasteiger partial charge in [0.15, 0.2) is 6.61 Å². The van der Waals surface area contributed by atoms with Crippen molar-refractivity contribution in [2.45, 2.75) is 0 Å². The third-order valence-electron chi connectivity index (χ3n) is 3.06. The van der Waals surface area contributed by atoms with E-state index < -0.39 is 35.1 Å². The zero-order valence-electron chi connectivity index (χ0n) is 13.1. The van der Waals surface area contributed by atoms with Crippen LogP contribution in [0.5, 0.6) is 0 Å². The van der Waals surface area contributed by atoms with Crippen molar-refractivity contribution in [3.63, 3.8) is 0 Å². The molecule has 0 aliphatic carbocycles. The fraction of sp³-hybridized carbons (Fsp3) is 0.0625. The van der Waals surface area contributed by atoms with Gasteiger partial charge < -0.3 is 4.74 Å². The van der Waals surface area contributed by atoms with Crippen LogP contribution in [0.2, 0.25) is 0 Å². The molecule has 0 bridgehead atoms. The number of esters is 1. The van der Waals surface area contributed by atoms with Crippen molar-refractivity contribution >= 4 is 23.5 Å². The summed E-state index contributed by atoms with van der Waals surface area (Å²) in [7, 11) is 0. The number of nitrogens with one attached hydrogen (secondary N) is 2. The summed E-state index contributed by atoms with van der Waals surface area (Å²) in [5.41, 5.74) is 3.23. The molecular formula is C16H12FN3O6. The van der Waals surface area contributed by atoms with Crippen molar-refractivity contribution in [1.82, 2.24) is 10.9 Å². The Morgan fingerprint density at radius 1 is 1.08 bits per heavy atom. The van der Waals surface area contributed by atoms with Crippen LogP contribution in [0.15, 0.2) is 48.5 Å². The molecule has 10 heteroatoms. The average Bonchev–Trinajstić information content (AvgIpc) is 2.64. The number of non-ortho nitro benzene ring substituents is 1. The highest BCUT2D eigenvalue weighted by Gasteiger charge is 2.15. The molecule has 2 amide bonds. The molecule has 0 atom stereocenters. The number of ether oxygens (including phenoxy) is 1. The Morgan fingerprint density at radius 2 is 1.81 bits per heavy atom. The highest BCUT2D eigenvalue weighted by molar-refractivity contribution is 5.96. The van der Waals surface area contributed by atoms with Gasteiger partial charge in [0.1, 0.15) is 5.82 Å². The standard InChI is InChI=1S/C16H12FN3O6/c17-13-7-2-1-6-12(13)15(22)19-18-14(21)9-26-16(23)10-4-3-5-11(8-10)20(24)25/h1-8H,9H2,(H,18,21)(H,19,22). The summed E-state index contributed by atoms with van der Waals surface area (Å²) in [6.45, 7) is -0.751. The summed E-state index contributed by atoms with van der Waals surface area (Å²) in [5, 5.41) is 10.7. The molecule has 0 saturated carbocycles. The predicted octanol–water partition coefficient (Wildman–Crippen LogP) is 1.35. The molecule has 134 valence electrons. The van der Waals surface area contributed by atoms with E-state index in [1.165, 1.54) is 36.4 Å². The second-order valence-corrected chi connectivity index (χ2v) is 4.87. The van der Waals surface area contributed by atoms with Crippen LogP contribution in [0.4, 0.5) is 10.1 Å². The Bertz CT molecular complexity index is 871. The van der Waals surface area contributed by atoms with Gasteiger partial charge in [-0.2, -0.15) is 0 Å². The summed E-state index contributed by atoms with van der Waals surface area (Å²) in [6.07, 6.45) is 0. The fourth-order valence-corrected chi connectivity index (χ4v) is 1.84. The van der Waals surface area contributed by atoms with Crippen LogP contribution >= 0.6 is 0 Å². The zero-order chi connectivity index (χ0) is 19.1. The molecule has 0 spiro atoms. The Kier molecular flexibility index (Phi) is 5.93. The number of benzene rings is 2. The van der Waals surface area contributed by atoms with E-state index in [0.717, 1.165) is 12.1 Å². The van der Waals surface area contributed by atoms with Gasteiger partial charge in [-0.15, -0.1) is 0 Å². The first-order valence-electron chi connectivity index (χ1n) is 7.14. The van der Waals surface area contributed by atoms with Crippen LogP contribution in [-0.4, -0.2) is 29.3 Å². The van der Waals surface area contributed by atoms with Gasteiger partial charge >= 0.3 is 5.97 Å². The van der Waals surface area contributed by atoms with E-state index in [2.05, 4.69) is 4.74 Å². The first-order valence-corrected chi connectivity index (χ1v) is 7.14. The molecule has 2 aromatic rings. The number of rotatable bonds is 5. The Balaban J connectivity index is 1.84. The third kappa shape index (κ3) is 4.84. The second-order valence-electron chi connectivity index (χ2n) is 4.87. The van der Waals surface area contributed by atoms with Gasteiger partial charge in [0.2, 0.25) is 0 Å². The molecule has 2 N–H and O–H groups in total. The molecule has 0 saturated heterocycles. The predicted molar refractivity (Wildman–Crippen MR) is 85.4 cm³/mol. The summed E-state index contributed by atoms with van der Waals surface area (Å²) in [4.78, 5) is 45.0. The van der Waals surface area contributed by atoms with Crippen molar-refractivity contribution in [1.29, 1.82) is 0 Å². The summed E-state index contributed by atoms with van der Waals surface area (Å²) >= 11 is 0. The summed E-state index contributed by atoms with van der Waals surface area (Å²) in [5.74, 6) is -3.49. The summed E-state index contributed by atoms with van der Waals surface area (Å²) in [6, 6.07) is 9.92. The molecule has 26 heavy (non-hydrogen) atoms. The topological polar surface area (TPSA) is 128 Å². The number of hydrogen-bond acceptors (Lipinski definition) is 6. The van der Waals surface area contributed by atoms with E-state index in [1.807, 2.05) is 10.9 Å². The first kappa shape index (κ1) is 18.5. The number of nitrogens with zero attached hydrogens (tertiary/aromatic N) is 1. The number of hydrogen-bond donors (Lipinski definition) is 2. The molecule has 9 nitrogen and oxygen atoms in total. The molecule has 2 aromatic carbocycles. The molecule has 0 aromatic heterocycles. The smallest absolute Gasteiger partial charge is 0.338 e. The van der Waals surface area contributed by atoms with Gasteiger partial charge in [-0.1, -0.05) is 18.2 Å². The SMILES string of the molecule is O=C(COC(=O)c1cccc([N+](=O)[O-])c1)NNC(=O)c1ccccc1F. The van der Waals surface area contributed by atoms with Crippen LogP contribution in [-0.2, 0) is 9.53 Å². The van der Waals surface area contributed by atoms with E-state index in [1.54, 1.807) is 0 Å². The molecule has 0 radical (unpaired) electrons. The molecule has 0 aliphatic heterocycles. The van der Waals surface area contributed by atoms with Crippen molar-refractivity contribution in [2.75, 3.05) is 6.61 Å². The molecule has 2 rings (SSSR count). The quantitative estimate of drug-likeness (QED) is 0.470. The van der Waals surface area contributed by atoms with E-state index in [-0.39, 0.29) is 16.8 Å². The maximum Gasteiger partial charge on any atom is 0.338 e. The number of hydrazine groups is 1. The number of carbonyl (C=O) groups excluding carboxylic acids is 3. The zero-order valence-corrected chi connectivity index (χ0v) is 13.1. The van der Waals surface area contributed by atoms with Gasteiger partial charge in [-0.25, -0.2) is 9.18 Å². The lowest BCUT2D eigenvalue weighted by molar-refractivity contribution is -0.384. The lowest BCUT2D eigenvalue weighted by atomic mass is 10.2. The normalized spacial score (nSPS) is 9.88. The minimum absolute atomic E-state index is 0.109. The van der Waals surface area contributed by atoms with Crippen LogP contribution < -0.4 is 10.9 Å². The minimum atomic E-state index is -0.954. The summed E-state index contributed by atoms with van der Waals surface area (Å²) < 4.78 is 18.1. The van der Waals surface area contributed by atoms with Crippen molar-refractivity contribution < 1.29 is 28.4 Å². The van der Waals surface area contributed by atoms with E-state index in [0.29, 0.717) is 0 Å². The number of nitro benzene ring substituents is 1. The molecule has 0 aliphatic rings. The van der Waals surface area contributed by atoms with Crippen LogP contribution in [0, 0.1) is 15.9 Å². The van der Waals surface area contributed by atoms with Gasteiger partial charge in [0.25, 0.3) is 17.5 Å². The fourth-order valence-electron chi connectivity index (χ4n) is 1.84. The first-order chi connectivity index (χ1) is 12.4. The highest BCUT2D eigenvalue weighted by atomic mass is 19.1. The molecule has 0 unspecified atom stereocenters. The van der Waals surface area contributed by atoms with Crippen LogP contribution in [0.3, 0.4) is 0 Å². The van der Waals surface area contributed by atoms with Gasteiger partial charge in [0, 0.05) is 12.1 Å². The van der Waals surface area contributed by atoms with Gasteiger partial charge in [-0.05, 0) is 18.2 Å². The Morgan fingerprint density at radius 3 is 2.50 bits per heavy atom. The number of nitro groups is 1. The minimum Gasteiger partial charge on any atom is -0.452 e. The average molecular weight is 361 g/mol. The van der Waals surface area contributed by atoms with Crippen molar-refractivity contribution in [3.8, 4) is 0 Å². The van der Waals surface area contributed by atoms with E-state index in [9.17, 15) is 28.9 Å². The lowest BCUT2D eigenvalue weighted by Crippen LogP contribution is -2.43. The van der Waals surface area contributed by atoms with Crippen LogP contribution in [0.1, 0.15) is 20.7 Å². The number of amides is 2. The molecular weight excluding hydrogens is 349 g/mol. The van der Waals surface area contributed by atoms with Crippen molar-refractivity contribution in [3.05, 3.63) is 75.6 Å². The maximum absolute atomic E-state index is 13.4. The maximum atomic E-state index is 13.4. The molecule has 0 fully saturated rings. The lowest BCUT2D eigenvalue weighted by Gasteiger charge is -2.08. The highest BCUT2D eigenvalue weighted by Crippen LogP contribution is 2.13. The monoisotopic (exact) mass is 361 g/mol. The van der Waals surface area contributed by atoms with Gasteiger partial charge in [0.05, 0.1) is 16.1 Å². The van der Waals surface area contributed by atoms with E-state index in [4.69, 9.17) is 0 Å².